The number of nitrogens with zero attached hydrogens (tertiary/aromatic N) is 4. The van der Waals surface area contributed by atoms with E-state index >= 15 is 0 Å². The third kappa shape index (κ3) is 6.31. The molecule has 0 saturated carbocycles. The fraction of sp³-hybridized carbons (Fsp3) is 0.560. The summed E-state index contributed by atoms with van der Waals surface area (Å²) in [5, 5.41) is 7.09. The summed E-state index contributed by atoms with van der Waals surface area (Å²) in [5.41, 5.74) is 1.19. The van der Waals surface area contributed by atoms with E-state index in [1.807, 2.05) is 18.2 Å². The van der Waals surface area contributed by atoms with Crippen LogP contribution in [0.1, 0.15) is 51.5 Å². The average Bonchev–Trinajstić information content (AvgIpc) is 3.07. The van der Waals surface area contributed by atoms with Crippen molar-refractivity contribution in [1.82, 2.24) is 15.3 Å². The van der Waals surface area contributed by atoms with Crippen molar-refractivity contribution in [3.8, 4) is 0 Å². The van der Waals surface area contributed by atoms with Gasteiger partial charge in [0.15, 0.2) is 5.11 Å². The largest absolute Gasteiger partial charge is 0.358 e. The summed E-state index contributed by atoms with van der Waals surface area (Å²) in [7, 11) is 0. The van der Waals surface area contributed by atoms with Crippen molar-refractivity contribution in [2.45, 2.75) is 52.5 Å². The number of rotatable bonds is 5. The summed E-state index contributed by atoms with van der Waals surface area (Å²) in [4.78, 5) is 14.6. The van der Waals surface area contributed by atoms with Crippen LogP contribution in [-0.2, 0) is 6.54 Å². The average molecular weight is 453 g/mol. The molecule has 2 N–H and O–H groups in total. The van der Waals surface area contributed by atoms with Gasteiger partial charge in [0, 0.05) is 38.8 Å². The van der Waals surface area contributed by atoms with E-state index in [1.54, 1.807) is 0 Å². The summed E-state index contributed by atoms with van der Waals surface area (Å²) < 4.78 is 0. The van der Waals surface area contributed by atoms with E-state index in [9.17, 15) is 0 Å². The van der Waals surface area contributed by atoms with Gasteiger partial charge in [-0.05, 0) is 48.9 Å². The summed E-state index contributed by atoms with van der Waals surface area (Å²) in [5.74, 6) is 3.93. The lowest BCUT2D eigenvalue weighted by Crippen LogP contribution is -2.39. The standard InChI is InChI=1S/C25H36N6S/c1-19-14-20(2)18-31(17-19)23-15-22(30-12-8-3-4-9-13-30)27-24(28-23)29-25(32)26-16-21-10-6-5-7-11-21/h5-7,10-11,15,19-20H,3-4,8-9,12-14,16-18H2,1-2H3,(H2,26,27,28,29,32)/t19-,20+. The molecule has 0 spiro atoms. The lowest BCUT2D eigenvalue weighted by Gasteiger charge is -2.36. The van der Waals surface area contributed by atoms with Crippen LogP contribution in [0.2, 0.25) is 0 Å². The zero-order chi connectivity index (χ0) is 22.3. The lowest BCUT2D eigenvalue weighted by atomic mass is 9.92. The van der Waals surface area contributed by atoms with Gasteiger partial charge in [-0.2, -0.15) is 9.97 Å². The van der Waals surface area contributed by atoms with E-state index in [0.717, 1.165) is 37.8 Å². The molecule has 7 heteroatoms. The smallest absolute Gasteiger partial charge is 0.232 e. The normalized spacial score (nSPS) is 21.7. The van der Waals surface area contributed by atoms with Gasteiger partial charge in [0.1, 0.15) is 11.6 Å². The van der Waals surface area contributed by atoms with Crippen LogP contribution < -0.4 is 20.4 Å². The summed E-state index contributed by atoms with van der Waals surface area (Å²) in [6.07, 6.45) is 6.31. The topological polar surface area (TPSA) is 56.3 Å². The first-order valence-corrected chi connectivity index (χ1v) is 12.5. The molecule has 1 aromatic carbocycles. The third-order valence-corrected chi connectivity index (χ3v) is 6.59. The number of aromatic nitrogens is 2. The van der Waals surface area contributed by atoms with Crippen molar-refractivity contribution in [2.24, 2.45) is 11.8 Å². The Morgan fingerprint density at radius 1 is 0.938 bits per heavy atom. The Morgan fingerprint density at radius 2 is 1.56 bits per heavy atom. The molecule has 2 aromatic rings. The lowest BCUT2D eigenvalue weighted by molar-refractivity contribution is 0.355. The molecular weight excluding hydrogens is 416 g/mol. The first kappa shape index (κ1) is 22.8. The van der Waals surface area contributed by atoms with Crippen LogP contribution in [-0.4, -0.2) is 41.3 Å². The predicted molar refractivity (Wildman–Crippen MR) is 137 cm³/mol. The Morgan fingerprint density at radius 3 is 2.22 bits per heavy atom. The van der Waals surface area contributed by atoms with Gasteiger partial charge in [0.05, 0.1) is 0 Å². The van der Waals surface area contributed by atoms with E-state index in [1.165, 1.54) is 37.7 Å². The SMILES string of the molecule is C[C@@H]1C[C@H](C)CN(c2cc(N3CCCCCC3)nc(NC(=S)NCc3ccccc3)n2)C1. The summed E-state index contributed by atoms with van der Waals surface area (Å²) in [6, 6.07) is 12.4. The highest BCUT2D eigenvalue weighted by atomic mass is 32.1. The Labute approximate surface area is 197 Å². The van der Waals surface area contributed by atoms with Crippen LogP contribution in [0.25, 0.3) is 0 Å². The maximum absolute atomic E-state index is 5.56. The van der Waals surface area contributed by atoms with Gasteiger partial charge in [-0.1, -0.05) is 57.0 Å². The number of anilines is 3. The van der Waals surface area contributed by atoms with Crippen LogP contribution in [0.5, 0.6) is 0 Å². The van der Waals surface area contributed by atoms with Crippen molar-refractivity contribution in [3.05, 3.63) is 42.0 Å². The Balaban J connectivity index is 1.53. The second-order valence-electron chi connectivity index (χ2n) is 9.45. The maximum atomic E-state index is 5.56. The van der Waals surface area contributed by atoms with Crippen LogP contribution in [0.15, 0.2) is 36.4 Å². The third-order valence-electron chi connectivity index (χ3n) is 6.34. The second-order valence-corrected chi connectivity index (χ2v) is 9.86. The Bertz CT molecular complexity index is 871. The molecule has 2 fully saturated rings. The molecule has 172 valence electrons. The highest BCUT2D eigenvalue weighted by Crippen LogP contribution is 2.29. The van der Waals surface area contributed by atoms with E-state index in [0.29, 0.717) is 29.4 Å². The van der Waals surface area contributed by atoms with Gasteiger partial charge in [-0.25, -0.2) is 0 Å². The Hall–Kier alpha value is -2.41. The highest BCUT2D eigenvalue weighted by Gasteiger charge is 2.24. The molecule has 0 unspecified atom stereocenters. The van der Waals surface area contributed by atoms with Crippen molar-refractivity contribution < 1.29 is 0 Å². The molecule has 2 atom stereocenters. The quantitative estimate of drug-likeness (QED) is 0.631. The number of benzene rings is 1. The van der Waals surface area contributed by atoms with Gasteiger partial charge in [0.25, 0.3) is 0 Å². The molecule has 6 nitrogen and oxygen atoms in total. The minimum absolute atomic E-state index is 0.549. The van der Waals surface area contributed by atoms with Gasteiger partial charge in [-0.15, -0.1) is 0 Å². The summed E-state index contributed by atoms with van der Waals surface area (Å²) >= 11 is 5.56. The number of piperidine rings is 1. The first-order chi connectivity index (χ1) is 15.6. The molecular formula is C25H36N6S. The van der Waals surface area contributed by atoms with E-state index in [4.69, 9.17) is 22.2 Å². The van der Waals surface area contributed by atoms with Crippen molar-refractivity contribution in [3.63, 3.8) is 0 Å². The molecule has 0 amide bonds. The van der Waals surface area contributed by atoms with E-state index in [-0.39, 0.29) is 0 Å². The maximum Gasteiger partial charge on any atom is 0.232 e. The minimum atomic E-state index is 0.549. The van der Waals surface area contributed by atoms with Crippen LogP contribution in [0.3, 0.4) is 0 Å². The highest BCUT2D eigenvalue weighted by molar-refractivity contribution is 7.80. The van der Waals surface area contributed by atoms with Crippen LogP contribution >= 0.6 is 12.2 Å². The molecule has 32 heavy (non-hydrogen) atoms. The van der Waals surface area contributed by atoms with Crippen molar-refractivity contribution >= 4 is 34.9 Å². The molecule has 0 aliphatic carbocycles. The Kier molecular flexibility index (Phi) is 7.79. The number of hydrogen-bond acceptors (Lipinski definition) is 5. The van der Waals surface area contributed by atoms with Crippen molar-refractivity contribution in [1.29, 1.82) is 0 Å². The zero-order valence-corrected chi connectivity index (χ0v) is 20.2. The number of thiocarbonyl (C=S) groups is 1. The number of hydrogen-bond donors (Lipinski definition) is 2. The van der Waals surface area contributed by atoms with Crippen molar-refractivity contribution in [2.75, 3.05) is 41.3 Å². The molecule has 3 heterocycles. The molecule has 2 aliphatic heterocycles. The molecule has 0 bridgehead atoms. The van der Waals surface area contributed by atoms with Crippen LogP contribution in [0.4, 0.5) is 17.6 Å². The molecule has 2 aliphatic rings. The second kappa shape index (κ2) is 10.9. The zero-order valence-electron chi connectivity index (χ0n) is 19.4. The fourth-order valence-corrected chi connectivity index (χ4v) is 5.04. The minimum Gasteiger partial charge on any atom is -0.358 e. The van der Waals surface area contributed by atoms with E-state index in [2.05, 4.69) is 52.5 Å². The molecule has 2 saturated heterocycles. The van der Waals surface area contributed by atoms with Gasteiger partial charge < -0.3 is 20.4 Å². The fourth-order valence-electron chi connectivity index (χ4n) is 4.88. The molecule has 4 rings (SSSR count). The monoisotopic (exact) mass is 452 g/mol. The molecule has 1 aromatic heterocycles. The van der Waals surface area contributed by atoms with Gasteiger partial charge in [0.2, 0.25) is 5.95 Å². The van der Waals surface area contributed by atoms with Gasteiger partial charge in [-0.3, -0.25) is 0 Å². The van der Waals surface area contributed by atoms with Gasteiger partial charge >= 0.3 is 0 Å². The summed E-state index contributed by atoms with van der Waals surface area (Å²) in [6.45, 7) is 9.53. The van der Waals surface area contributed by atoms with E-state index < -0.39 is 0 Å². The number of nitrogens with one attached hydrogen (secondary N) is 2. The van der Waals surface area contributed by atoms with Crippen LogP contribution in [0, 0.1) is 11.8 Å². The molecule has 0 radical (unpaired) electrons. The predicted octanol–water partition coefficient (Wildman–Crippen LogP) is 4.83. The first-order valence-electron chi connectivity index (χ1n) is 12.0.